The van der Waals surface area contributed by atoms with Crippen LogP contribution in [-0.2, 0) is 21.9 Å². The monoisotopic (exact) mass is 563 g/mol. The van der Waals surface area contributed by atoms with E-state index in [1.807, 2.05) is 38.1 Å². The Bertz CT molecular complexity index is 1490. The van der Waals surface area contributed by atoms with Gasteiger partial charge in [0.2, 0.25) is 10.0 Å². The van der Waals surface area contributed by atoms with Crippen molar-refractivity contribution in [2.45, 2.75) is 77.4 Å². The zero-order chi connectivity index (χ0) is 28.7. The normalized spacial score (nSPS) is 22.6. The van der Waals surface area contributed by atoms with Crippen molar-refractivity contribution in [2.75, 3.05) is 6.54 Å². The van der Waals surface area contributed by atoms with Crippen LogP contribution in [0.1, 0.15) is 77.3 Å². The van der Waals surface area contributed by atoms with Crippen molar-refractivity contribution in [2.24, 2.45) is 22.9 Å². The Balaban J connectivity index is 1.46. The third kappa shape index (κ3) is 5.59. The van der Waals surface area contributed by atoms with Gasteiger partial charge in [-0.15, -0.1) is 0 Å². The van der Waals surface area contributed by atoms with E-state index in [2.05, 4.69) is 46.7 Å². The van der Waals surface area contributed by atoms with Crippen LogP contribution in [-0.4, -0.2) is 46.1 Å². The number of pyridine rings is 1. The van der Waals surface area contributed by atoms with Gasteiger partial charge in [-0.3, -0.25) is 4.98 Å². The smallest absolute Gasteiger partial charge is 0.214 e. The Hall–Kier alpha value is -3.04. The maximum atomic E-state index is 13.6. The van der Waals surface area contributed by atoms with Gasteiger partial charge in [0.1, 0.15) is 5.82 Å². The summed E-state index contributed by atoms with van der Waals surface area (Å²) in [5.41, 5.74) is 5.79. The predicted octanol–water partition coefficient (Wildman–Crippen LogP) is 5.92. The van der Waals surface area contributed by atoms with Gasteiger partial charge in [0, 0.05) is 41.0 Å². The van der Waals surface area contributed by atoms with Crippen LogP contribution >= 0.6 is 0 Å². The molecular formula is C31H41N5O3S. The number of oxime groups is 1. The minimum absolute atomic E-state index is 0.168. The number of rotatable bonds is 8. The lowest BCUT2D eigenvalue weighted by molar-refractivity contribution is 0.235. The number of nitrogens with zero attached hydrogens (tertiary/aromatic N) is 3. The van der Waals surface area contributed by atoms with E-state index in [-0.39, 0.29) is 17.7 Å². The third-order valence-electron chi connectivity index (χ3n) is 8.83. The van der Waals surface area contributed by atoms with Crippen LogP contribution in [0.25, 0.3) is 22.5 Å². The maximum Gasteiger partial charge on any atom is 0.214 e. The SMILES string of the molecule is CC1CCC(C(C)C)C(S(=O)(=O)NCC(C)(C)c2nc(-c3ccc4c(c3)CCC4=NO)c(-c3ccncc3)[nH]2)C1. The number of nitrogens with one attached hydrogen (secondary N) is 2. The molecule has 40 heavy (non-hydrogen) atoms. The number of hydrogen-bond acceptors (Lipinski definition) is 6. The van der Waals surface area contributed by atoms with Crippen LogP contribution in [0.5, 0.6) is 0 Å². The first-order valence-corrected chi connectivity index (χ1v) is 15.9. The average Bonchev–Trinajstić information content (AvgIpc) is 3.57. The molecule has 1 fully saturated rings. The van der Waals surface area contributed by atoms with Crippen molar-refractivity contribution in [3.8, 4) is 22.5 Å². The standard InChI is InChI=1S/C31H41N5O3S/c1-19(2)24-9-6-20(3)16-27(24)40(38,39)33-18-31(4,5)30-34-28(21-12-14-32-15-13-21)29(35-30)23-7-10-25-22(17-23)8-11-26(25)36-37/h7,10,12-15,17,19-20,24,27,33,37H,6,8-9,11,16,18H2,1-5H3,(H,34,35). The van der Waals surface area contributed by atoms with Crippen LogP contribution in [0.3, 0.4) is 0 Å². The summed E-state index contributed by atoms with van der Waals surface area (Å²) < 4.78 is 30.2. The molecular weight excluding hydrogens is 522 g/mol. The molecule has 3 aromatic rings. The van der Waals surface area contributed by atoms with Gasteiger partial charge in [0.25, 0.3) is 0 Å². The Labute approximate surface area is 237 Å². The third-order valence-corrected chi connectivity index (χ3v) is 10.7. The summed E-state index contributed by atoms with van der Waals surface area (Å²) in [7, 11) is -3.51. The highest BCUT2D eigenvalue weighted by Gasteiger charge is 2.40. The number of aromatic nitrogens is 3. The van der Waals surface area contributed by atoms with Gasteiger partial charge in [0.15, 0.2) is 0 Å². The van der Waals surface area contributed by atoms with Crippen LogP contribution in [0.15, 0.2) is 47.9 Å². The number of aryl methyl sites for hydroxylation is 1. The van der Waals surface area contributed by atoms with E-state index in [1.165, 1.54) is 0 Å². The Morgan fingerprint density at radius 3 is 2.58 bits per heavy atom. The molecule has 2 aliphatic carbocycles. The van der Waals surface area contributed by atoms with E-state index in [0.717, 1.165) is 52.9 Å². The minimum atomic E-state index is -3.51. The highest BCUT2D eigenvalue weighted by Crippen LogP contribution is 2.38. The van der Waals surface area contributed by atoms with Gasteiger partial charge in [-0.05, 0) is 67.2 Å². The second kappa shape index (κ2) is 11.1. The van der Waals surface area contributed by atoms with Crippen LogP contribution in [0.2, 0.25) is 0 Å². The first kappa shape index (κ1) is 28.5. The molecule has 0 aliphatic heterocycles. The first-order valence-electron chi connectivity index (χ1n) is 14.3. The molecule has 0 amide bonds. The molecule has 0 spiro atoms. The van der Waals surface area contributed by atoms with E-state index in [1.54, 1.807) is 12.4 Å². The van der Waals surface area contributed by atoms with E-state index in [4.69, 9.17) is 4.98 Å². The Morgan fingerprint density at radius 1 is 1.12 bits per heavy atom. The quantitative estimate of drug-likeness (QED) is 0.232. The second-order valence-corrected chi connectivity index (χ2v) is 14.6. The van der Waals surface area contributed by atoms with Crippen LogP contribution < -0.4 is 4.72 Å². The lowest BCUT2D eigenvalue weighted by atomic mass is 9.77. The molecule has 214 valence electrons. The number of H-pyrrole nitrogens is 1. The van der Waals surface area contributed by atoms with Crippen molar-refractivity contribution in [3.05, 3.63) is 59.7 Å². The fourth-order valence-corrected chi connectivity index (χ4v) is 8.56. The lowest BCUT2D eigenvalue weighted by Crippen LogP contribution is -2.47. The van der Waals surface area contributed by atoms with Crippen molar-refractivity contribution < 1.29 is 13.6 Å². The number of sulfonamides is 1. The summed E-state index contributed by atoms with van der Waals surface area (Å²) in [6.07, 6.45) is 7.78. The molecule has 3 atom stereocenters. The minimum Gasteiger partial charge on any atom is -0.411 e. The fourth-order valence-electron chi connectivity index (χ4n) is 6.29. The van der Waals surface area contributed by atoms with Crippen LogP contribution in [0, 0.1) is 17.8 Å². The fraction of sp³-hybridized carbons (Fsp3) is 0.516. The van der Waals surface area contributed by atoms with Gasteiger partial charge in [0.05, 0.1) is 22.3 Å². The summed E-state index contributed by atoms with van der Waals surface area (Å²) in [5, 5.41) is 12.4. The molecule has 0 radical (unpaired) electrons. The molecule has 2 heterocycles. The Morgan fingerprint density at radius 2 is 1.88 bits per heavy atom. The van der Waals surface area contributed by atoms with E-state index in [0.29, 0.717) is 36.2 Å². The topological polar surface area (TPSA) is 120 Å². The molecule has 1 saturated carbocycles. The molecule has 8 nitrogen and oxygen atoms in total. The van der Waals surface area contributed by atoms with Crippen molar-refractivity contribution >= 4 is 15.7 Å². The van der Waals surface area contributed by atoms with E-state index < -0.39 is 15.4 Å². The molecule has 0 saturated heterocycles. The zero-order valence-electron chi connectivity index (χ0n) is 24.1. The molecule has 2 aliphatic rings. The van der Waals surface area contributed by atoms with Gasteiger partial charge in [-0.25, -0.2) is 18.1 Å². The van der Waals surface area contributed by atoms with Gasteiger partial charge < -0.3 is 10.2 Å². The maximum absolute atomic E-state index is 13.6. The average molecular weight is 564 g/mol. The largest absolute Gasteiger partial charge is 0.411 e. The molecule has 3 N–H and O–H groups in total. The van der Waals surface area contributed by atoms with Crippen LogP contribution in [0.4, 0.5) is 0 Å². The molecule has 9 heteroatoms. The second-order valence-electron chi connectivity index (χ2n) is 12.6. The molecule has 1 aromatic carbocycles. The molecule has 2 aromatic heterocycles. The number of imidazole rings is 1. The molecule has 5 rings (SSSR count). The van der Waals surface area contributed by atoms with Crippen molar-refractivity contribution in [3.63, 3.8) is 0 Å². The van der Waals surface area contributed by atoms with E-state index in [9.17, 15) is 13.6 Å². The summed E-state index contributed by atoms with van der Waals surface area (Å²) in [6, 6.07) is 10.00. The molecule has 3 unspecified atom stereocenters. The number of hydrogen-bond donors (Lipinski definition) is 3. The van der Waals surface area contributed by atoms with Gasteiger partial charge in [-0.1, -0.05) is 58.3 Å². The summed E-state index contributed by atoms with van der Waals surface area (Å²) in [5.74, 6) is 1.62. The summed E-state index contributed by atoms with van der Waals surface area (Å²) in [6.45, 7) is 10.7. The zero-order valence-corrected chi connectivity index (χ0v) is 24.9. The first-order chi connectivity index (χ1) is 19.0. The number of fused-ring (bicyclic) bond motifs is 1. The number of aromatic amines is 1. The summed E-state index contributed by atoms with van der Waals surface area (Å²) in [4.78, 5) is 12.8. The highest BCUT2D eigenvalue weighted by molar-refractivity contribution is 7.90. The van der Waals surface area contributed by atoms with Gasteiger partial charge >= 0.3 is 0 Å². The summed E-state index contributed by atoms with van der Waals surface area (Å²) >= 11 is 0. The van der Waals surface area contributed by atoms with Gasteiger partial charge in [-0.2, -0.15) is 0 Å². The molecule has 0 bridgehead atoms. The lowest BCUT2D eigenvalue weighted by Gasteiger charge is -2.37. The van der Waals surface area contributed by atoms with Crippen molar-refractivity contribution in [1.82, 2.24) is 19.7 Å². The van der Waals surface area contributed by atoms with Crippen molar-refractivity contribution in [1.29, 1.82) is 0 Å². The highest BCUT2D eigenvalue weighted by atomic mass is 32.2. The van der Waals surface area contributed by atoms with E-state index >= 15 is 0 Å². The number of benzene rings is 1. The predicted molar refractivity (Wildman–Crippen MR) is 159 cm³/mol. The Kier molecular flexibility index (Phi) is 7.90.